The molecule has 0 spiro atoms. The zero-order valence-corrected chi connectivity index (χ0v) is 12.6. The minimum atomic E-state index is -0.429. The van der Waals surface area contributed by atoms with Gasteiger partial charge in [0, 0.05) is 11.8 Å². The third kappa shape index (κ3) is 1.58. The van der Waals surface area contributed by atoms with Crippen molar-refractivity contribution in [2.45, 2.75) is 6.42 Å². The Labute approximate surface area is 129 Å². The number of allylic oxidation sites excluding steroid dienone is 6. The molecular formula is C18H18O4. The van der Waals surface area contributed by atoms with Crippen molar-refractivity contribution in [3.05, 3.63) is 47.1 Å². The fraction of sp³-hybridized carbons (Fsp3) is 0.444. The highest BCUT2D eigenvalue weighted by Gasteiger charge is 2.55. The first kappa shape index (κ1) is 13.6. The standard InChI is InChI=1S/C18H18O4/c1-21-17(19)13-8-7-11-10-5-3-9-4-6-12(14(9)10)15(11)16(13)18(20)22-2/h3-7,9-10,12,14-15H,8H2,1-2H3/t9-,10-,12-,14-,15+/m1/s1. The van der Waals surface area contributed by atoms with Crippen molar-refractivity contribution in [3.8, 4) is 0 Å². The Morgan fingerprint density at radius 1 is 1.05 bits per heavy atom. The van der Waals surface area contributed by atoms with Gasteiger partial charge in [-0.2, -0.15) is 0 Å². The maximum absolute atomic E-state index is 12.4. The Kier molecular flexibility index (Phi) is 2.90. The van der Waals surface area contributed by atoms with Gasteiger partial charge >= 0.3 is 11.9 Å². The Morgan fingerprint density at radius 3 is 2.50 bits per heavy atom. The molecular weight excluding hydrogens is 280 g/mol. The van der Waals surface area contributed by atoms with Crippen LogP contribution in [0, 0.1) is 29.6 Å². The summed E-state index contributed by atoms with van der Waals surface area (Å²) in [6.07, 6.45) is 11.5. The van der Waals surface area contributed by atoms with Gasteiger partial charge in [0.05, 0.1) is 25.4 Å². The lowest BCUT2D eigenvalue weighted by atomic mass is 9.78. The Balaban J connectivity index is 1.84. The van der Waals surface area contributed by atoms with Crippen LogP contribution in [0.5, 0.6) is 0 Å². The van der Waals surface area contributed by atoms with Crippen molar-refractivity contribution >= 4 is 11.9 Å². The lowest BCUT2D eigenvalue weighted by Crippen LogP contribution is -2.26. The number of carbonyl (C=O) groups excluding carboxylic acids is 2. The smallest absolute Gasteiger partial charge is 0.334 e. The molecule has 4 nitrogen and oxygen atoms in total. The molecule has 0 bridgehead atoms. The molecule has 0 unspecified atom stereocenters. The van der Waals surface area contributed by atoms with E-state index in [1.165, 1.54) is 19.8 Å². The summed E-state index contributed by atoms with van der Waals surface area (Å²) in [6, 6.07) is 0. The van der Waals surface area contributed by atoms with Crippen LogP contribution in [-0.4, -0.2) is 26.2 Å². The number of rotatable bonds is 2. The molecule has 0 heterocycles. The number of carbonyl (C=O) groups is 2. The molecule has 114 valence electrons. The van der Waals surface area contributed by atoms with Crippen LogP contribution in [0.4, 0.5) is 0 Å². The first-order valence-corrected chi connectivity index (χ1v) is 7.63. The molecule has 5 atom stereocenters. The van der Waals surface area contributed by atoms with Gasteiger partial charge in [-0.25, -0.2) is 9.59 Å². The molecule has 0 amide bonds. The minimum Gasteiger partial charge on any atom is -0.466 e. The van der Waals surface area contributed by atoms with Gasteiger partial charge < -0.3 is 9.47 Å². The summed E-state index contributed by atoms with van der Waals surface area (Å²) in [5.74, 6) is 0.726. The average Bonchev–Trinajstić information content (AvgIpc) is 3.21. The van der Waals surface area contributed by atoms with Crippen molar-refractivity contribution in [1.82, 2.24) is 0 Å². The molecule has 4 aliphatic rings. The highest BCUT2D eigenvalue weighted by molar-refractivity contribution is 6.02. The zero-order valence-electron chi connectivity index (χ0n) is 12.6. The molecule has 0 aromatic heterocycles. The maximum Gasteiger partial charge on any atom is 0.334 e. The van der Waals surface area contributed by atoms with Gasteiger partial charge in [0.25, 0.3) is 0 Å². The molecule has 0 aromatic carbocycles. The lowest BCUT2D eigenvalue weighted by molar-refractivity contribution is -0.140. The van der Waals surface area contributed by atoms with Crippen LogP contribution < -0.4 is 0 Å². The summed E-state index contributed by atoms with van der Waals surface area (Å²) in [4.78, 5) is 24.5. The maximum atomic E-state index is 12.4. The van der Waals surface area contributed by atoms with Gasteiger partial charge in [0.15, 0.2) is 0 Å². The monoisotopic (exact) mass is 298 g/mol. The predicted molar refractivity (Wildman–Crippen MR) is 79.5 cm³/mol. The normalized spacial score (nSPS) is 37.0. The van der Waals surface area contributed by atoms with Gasteiger partial charge in [-0.3, -0.25) is 0 Å². The topological polar surface area (TPSA) is 52.6 Å². The summed E-state index contributed by atoms with van der Waals surface area (Å²) in [7, 11) is 2.71. The van der Waals surface area contributed by atoms with Gasteiger partial charge in [-0.1, -0.05) is 36.0 Å². The molecule has 0 radical (unpaired) electrons. The van der Waals surface area contributed by atoms with Crippen LogP contribution in [-0.2, 0) is 19.1 Å². The first-order chi connectivity index (χ1) is 10.7. The van der Waals surface area contributed by atoms with Gasteiger partial charge in [0.2, 0.25) is 0 Å². The van der Waals surface area contributed by atoms with E-state index in [9.17, 15) is 9.59 Å². The third-order valence-corrected chi connectivity index (χ3v) is 5.54. The van der Waals surface area contributed by atoms with E-state index in [1.54, 1.807) is 0 Å². The Bertz CT molecular complexity index is 679. The minimum absolute atomic E-state index is 0.0449. The summed E-state index contributed by atoms with van der Waals surface area (Å²) in [5, 5.41) is 0. The molecule has 0 saturated heterocycles. The molecule has 0 N–H and O–H groups in total. The van der Waals surface area contributed by atoms with E-state index < -0.39 is 11.9 Å². The highest BCUT2D eigenvalue weighted by Crippen LogP contribution is 2.60. The van der Waals surface area contributed by atoms with Crippen LogP contribution in [0.15, 0.2) is 47.1 Å². The average molecular weight is 298 g/mol. The quantitative estimate of drug-likeness (QED) is 0.579. The SMILES string of the molecule is COC(=O)C1=C(C(=O)OC)[C@H]2C(=CC1)[C@H]1C=C[C@@H]3C=C[C@@H]2[C@H]31. The zero-order chi connectivity index (χ0) is 15.4. The molecule has 4 heteroatoms. The summed E-state index contributed by atoms with van der Waals surface area (Å²) < 4.78 is 9.85. The Hall–Kier alpha value is -2.10. The predicted octanol–water partition coefficient (Wildman–Crippen LogP) is 2.19. The number of hydrogen-bond donors (Lipinski definition) is 0. The van der Waals surface area contributed by atoms with Gasteiger partial charge in [-0.15, -0.1) is 0 Å². The molecule has 4 aliphatic carbocycles. The van der Waals surface area contributed by atoms with Gasteiger partial charge in [0.1, 0.15) is 0 Å². The van der Waals surface area contributed by atoms with Crippen molar-refractivity contribution < 1.29 is 19.1 Å². The number of esters is 2. The molecule has 0 aliphatic heterocycles. The number of methoxy groups -OCH3 is 2. The van der Waals surface area contributed by atoms with Crippen molar-refractivity contribution in [1.29, 1.82) is 0 Å². The second kappa shape index (κ2) is 4.70. The number of fused-ring (bicyclic) bond motifs is 3. The van der Waals surface area contributed by atoms with Crippen LogP contribution in [0.25, 0.3) is 0 Å². The van der Waals surface area contributed by atoms with E-state index in [0.717, 1.165) is 0 Å². The fourth-order valence-electron chi connectivity index (χ4n) is 4.73. The Morgan fingerprint density at radius 2 is 1.77 bits per heavy atom. The van der Waals surface area contributed by atoms with Crippen LogP contribution in [0.1, 0.15) is 6.42 Å². The fourth-order valence-corrected chi connectivity index (χ4v) is 4.73. The third-order valence-electron chi connectivity index (χ3n) is 5.54. The van der Waals surface area contributed by atoms with E-state index >= 15 is 0 Å². The summed E-state index contributed by atoms with van der Waals surface area (Å²) in [6.45, 7) is 0. The van der Waals surface area contributed by atoms with Crippen molar-refractivity contribution in [3.63, 3.8) is 0 Å². The number of ether oxygens (including phenoxy) is 2. The van der Waals surface area contributed by atoms with Gasteiger partial charge in [-0.05, 0) is 24.2 Å². The molecule has 1 saturated carbocycles. The van der Waals surface area contributed by atoms with E-state index in [-0.39, 0.29) is 11.8 Å². The van der Waals surface area contributed by atoms with E-state index in [0.29, 0.717) is 35.3 Å². The molecule has 4 rings (SSSR count). The van der Waals surface area contributed by atoms with Crippen LogP contribution >= 0.6 is 0 Å². The van der Waals surface area contributed by atoms with E-state index in [1.807, 2.05) is 0 Å². The second-order valence-corrected chi connectivity index (χ2v) is 6.29. The molecule has 22 heavy (non-hydrogen) atoms. The summed E-state index contributed by atoms with van der Waals surface area (Å²) in [5.41, 5.74) is 2.22. The first-order valence-electron chi connectivity index (χ1n) is 7.63. The van der Waals surface area contributed by atoms with Crippen molar-refractivity contribution in [2.75, 3.05) is 14.2 Å². The summed E-state index contributed by atoms with van der Waals surface area (Å²) >= 11 is 0. The van der Waals surface area contributed by atoms with Crippen molar-refractivity contribution in [2.24, 2.45) is 29.6 Å². The molecule has 1 fully saturated rings. The van der Waals surface area contributed by atoms with E-state index in [4.69, 9.17) is 9.47 Å². The second-order valence-electron chi connectivity index (χ2n) is 6.29. The number of hydrogen-bond acceptors (Lipinski definition) is 4. The largest absolute Gasteiger partial charge is 0.466 e. The lowest BCUT2D eigenvalue weighted by Gasteiger charge is -2.26. The highest BCUT2D eigenvalue weighted by atomic mass is 16.5. The van der Waals surface area contributed by atoms with Crippen LogP contribution in [0.3, 0.4) is 0 Å². The molecule has 0 aromatic rings. The van der Waals surface area contributed by atoms with E-state index in [2.05, 4.69) is 30.4 Å². The van der Waals surface area contributed by atoms with Crippen LogP contribution in [0.2, 0.25) is 0 Å².